The number of anilines is 2. The van der Waals surface area contributed by atoms with Crippen LogP contribution in [0.2, 0.25) is 0 Å². The Hall–Kier alpha value is -1.97. The highest BCUT2D eigenvalue weighted by atomic mass is 15.1. The lowest BCUT2D eigenvalue weighted by atomic mass is 10.1. The summed E-state index contributed by atoms with van der Waals surface area (Å²) in [5.74, 6) is 0.692. The van der Waals surface area contributed by atoms with E-state index in [0.29, 0.717) is 5.82 Å². The average molecular weight is 216 g/mol. The smallest absolute Gasteiger partial charge is 0.131 e. The Morgan fingerprint density at radius 2 is 1.81 bits per heavy atom. The van der Waals surface area contributed by atoms with Crippen LogP contribution in [-0.4, -0.2) is 23.6 Å². The van der Waals surface area contributed by atoms with Gasteiger partial charge >= 0.3 is 0 Å². The molecule has 1 aromatic heterocycles. The molecule has 0 saturated carbocycles. The summed E-state index contributed by atoms with van der Waals surface area (Å²) in [4.78, 5) is 6.35. The molecular weight excluding hydrogens is 200 g/mol. The van der Waals surface area contributed by atoms with E-state index in [2.05, 4.69) is 22.0 Å². The third kappa shape index (κ3) is 1.74. The maximum atomic E-state index is 5.92. The Bertz CT molecular complexity index is 482. The van der Waals surface area contributed by atoms with Gasteiger partial charge in [0.15, 0.2) is 0 Å². The van der Waals surface area contributed by atoms with Crippen molar-refractivity contribution in [1.82, 2.24) is 9.55 Å². The molecule has 84 valence electrons. The SMILES string of the molecule is CN(C)c1ccc(-c2ncn(C)c2N)cc1. The Kier molecular flexibility index (Phi) is 2.56. The summed E-state index contributed by atoms with van der Waals surface area (Å²) in [6.07, 6.45) is 1.73. The van der Waals surface area contributed by atoms with Crippen LogP contribution in [-0.2, 0) is 7.05 Å². The van der Waals surface area contributed by atoms with E-state index >= 15 is 0 Å². The minimum Gasteiger partial charge on any atom is -0.383 e. The van der Waals surface area contributed by atoms with Crippen LogP contribution < -0.4 is 10.6 Å². The number of nitrogens with zero attached hydrogens (tertiary/aromatic N) is 3. The first-order chi connectivity index (χ1) is 7.59. The van der Waals surface area contributed by atoms with Crippen LogP contribution in [0.15, 0.2) is 30.6 Å². The zero-order valence-corrected chi connectivity index (χ0v) is 9.81. The number of aryl methyl sites for hydroxylation is 1. The Morgan fingerprint density at radius 1 is 1.19 bits per heavy atom. The standard InChI is InChI=1S/C12H16N4/c1-15(2)10-6-4-9(5-7-10)11-12(13)16(3)8-14-11/h4-8H,13H2,1-3H3. The third-order valence-electron chi connectivity index (χ3n) is 2.64. The molecule has 0 radical (unpaired) electrons. The molecular formula is C12H16N4. The van der Waals surface area contributed by atoms with Crippen molar-refractivity contribution in [3.8, 4) is 11.3 Å². The van der Waals surface area contributed by atoms with Crippen molar-refractivity contribution < 1.29 is 0 Å². The van der Waals surface area contributed by atoms with Crippen LogP contribution in [0.5, 0.6) is 0 Å². The van der Waals surface area contributed by atoms with Crippen molar-refractivity contribution in [3.63, 3.8) is 0 Å². The molecule has 0 spiro atoms. The molecule has 0 fully saturated rings. The topological polar surface area (TPSA) is 47.1 Å². The predicted octanol–water partition coefficient (Wildman–Crippen LogP) is 1.74. The lowest BCUT2D eigenvalue weighted by Gasteiger charge is -2.12. The fraction of sp³-hybridized carbons (Fsp3) is 0.250. The molecule has 0 aliphatic heterocycles. The summed E-state index contributed by atoms with van der Waals surface area (Å²) in [5, 5.41) is 0. The van der Waals surface area contributed by atoms with Gasteiger partial charge in [0.1, 0.15) is 11.5 Å². The van der Waals surface area contributed by atoms with Crippen LogP contribution in [0.3, 0.4) is 0 Å². The number of nitrogen functional groups attached to an aromatic ring is 1. The van der Waals surface area contributed by atoms with Crippen LogP contribution >= 0.6 is 0 Å². The van der Waals surface area contributed by atoms with Gasteiger partial charge in [0, 0.05) is 32.4 Å². The molecule has 2 N–H and O–H groups in total. The molecule has 4 heteroatoms. The monoisotopic (exact) mass is 216 g/mol. The molecule has 1 heterocycles. The second-order valence-corrected chi connectivity index (χ2v) is 4.03. The molecule has 1 aromatic carbocycles. The number of benzene rings is 1. The van der Waals surface area contributed by atoms with E-state index in [4.69, 9.17) is 5.73 Å². The Balaban J connectivity index is 2.38. The number of rotatable bonds is 2. The summed E-state index contributed by atoms with van der Waals surface area (Å²) in [7, 11) is 5.92. The molecule has 0 amide bonds. The number of hydrogen-bond acceptors (Lipinski definition) is 3. The first-order valence-electron chi connectivity index (χ1n) is 5.14. The first-order valence-corrected chi connectivity index (χ1v) is 5.14. The van der Waals surface area contributed by atoms with Crippen molar-refractivity contribution in [1.29, 1.82) is 0 Å². The summed E-state index contributed by atoms with van der Waals surface area (Å²) >= 11 is 0. The van der Waals surface area contributed by atoms with E-state index in [1.54, 1.807) is 6.33 Å². The lowest BCUT2D eigenvalue weighted by molar-refractivity contribution is 0.925. The van der Waals surface area contributed by atoms with Crippen molar-refractivity contribution in [2.45, 2.75) is 0 Å². The maximum absolute atomic E-state index is 5.92. The van der Waals surface area contributed by atoms with Gasteiger partial charge in [-0.3, -0.25) is 0 Å². The number of aromatic nitrogens is 2. The molecule has 2 rings (SSSR count). The van der Waals surface area contributed by atoms with Gasteiger partial charge in [-0.2, -0.15) is 0 Å². The fourth-order valence-corrected chi connectivity index (χ4v) is 1.58. The molecule has 0 unspecified atom stereocenters. The zero-order valence-electron chi connectivity index (χ0n) is 9.81. The van der Waals surface area contributed by atoms with Crippen LogP contribution in [0, 0.1) is 0 Å². The van der Waals surface area contributed by atoms with Gasteiger partial charge in [-0.15, -0.1) is 0 Å². The van der Waals surface area contributed by atoms with Gasteiger partial charge in [0.05, 0.1) is 6.33 Å². The molecule has 16 heavy (non-hydrogen) atoms. The van der Waals surface area contributed by atoms with Crippen molar-refractivity contribution >= 4 is 11.5 Å². The zero-order chi connectivity index (χ0) is 11.7. The Morgan fingerprint density at radius 3 is 2.25 bits per heavy atom. The van der Waals surface area contributed by atoms with E-state index in [1.165, 1.54) is 5.69 Å². The summed E-state index contributed by atoms with van der Waals surface area (Å²) in [6, 6.07) is 8.19. The number of hydrogen-bond donors (Lipinski definition) is 1. The predicted molar refractivity (Wildman–Crippen MR) is 67.4 cm³/mol. The van der Waals surface area contributed by atoms with Gasteiger partial charge in [-0.05, 0) is 12.1 Å². The first kappa shape index (κ1) is 10.5. The van der Waals surface area contributed by atoms with Crippen LogP contribution in [0.25, 0.3) is 11.3 Å². The summed E-state index contributed by atoms with van der Waals surface area (Å²) in [5.41, 5.74) is 8.97. The fourth-order valence-electron chi connectivity index (χ4n) is 1.58. The molecule has 0 aliphatic carbocycles. The minimum atomic E-state index is 0.692. The largest absolute Gasteiger partial charge is 0.383 e. The van der Waals surface area contributed by atoms with Gasteiger partial charge in [0.25, 0.3) is 0 Å². The van der Waals surface area contributed by atoms with Crippen LogP contribution in [0.4, 0.5) is 11.5 Å². The van der Waals surface area contributed by atoms with Crippen molar-refractivity contribution in [3.05, 3.63) is 30.6 Å². The molecule has 0 saturated heterocycles. The lowest BCUT2D eigenvalue weighted by Crippen LogP contribution is -2.07. The second-order valence-electron chi connectivity index (χ2n) is 4.03. The van der Waals surface area contributed by atoms with Crippen LogP contribution in [0.1, 0.15) is 0 Å². The molecule has 0 bridgehead atoms. The third-order valence-corrected chi connectivity index (χ3v) is 2.64. The van der Waals surface area contributed by atoms with E-state index in [9.17, 15) is 0 Å². The summed E-state index contributed by atoms with van der Waals surface area (Å²) < 4.78 is 1.81. The Labute approximate surface area is 95.3 Å². The van der Waals surface area contributed by atoms with E-state index in [1.807, 2.05) is 37.8 Å². The molecule has 0 atom stereocenters. The molecule has 0 aliphatic rings. The van der Waals surface area contributed by atoms with Gasteiger partial charge in [-0.25, -0.2) is 4.98 Å². The molecule has 4 nitrogen and oxygen atoms in total. The van der Waals surface area contributed by atoms with Crippen molar-refractivity contribution in [2.24, 2.45) is 7.05 Å². The minimum absolute atomic E-state index is 0.692. The highest BCUT2D eigenvalue weighted by molar-refractivity contribution is 5.71. The van der Waals surface area contributed by atoms with Crippen molar-refractivity contribution in [2.75, 3.05) is 24.7 Å². The van der Waals surface area contributed by atoms with Gasteiger partial charge < -0.3 is 15.2 Å². The van der Waals surface area contributed by atoms with Gasteiger partial charge in [0.2, 0.25) is 0 Å². The molecule has 2 aromatic rings. The maximum Gasteiger partial charge on any atom is 0.131 e. The van der Waals surface area contributed by atoms with E-state index in [0.717, 1.165) is 11.3 Å². The quantitative estimate of drug-likeness (QED) is 0.831. The number of nitrogens with two attached hydrogens (primary N) is 1. The summed E-state index contributed by atoms with van der Waals surface area (Å²) in [6.45, 7) is 0. The second kappa shape index (κ2) is 3.89. The highest BCUT2D eigenvalue weighted by Crippen LogP contribution is 2.25. The normalized spacial score (nSPS) is 10.4. The van der Waals surface area contributed by atoms with E-state index < -0.39 is 0 Å². The average Bonchev–Trinajstić information content (AvgIpc) is 2.60. The number of imidazole rings is 1. The highest BCUT2D eigenvalue weighted by Gasteiger charge is 2.07. The van der Waals surface area contributed by atoms with E-state index in [-0.39, 0.29) is 0 Å². The van der Waals surface area contributed by atoms with Gasteiger partial charge in [-0.1, -0.05) is 12.1 Å².